The minimum Gasteiger partial charge on any atom is -0.457 e. The van der Waals surface area contributed by atoms with E-state index in [0.717, 1.165) is 30.0 Å². The lowest BCUT2D eigenvalue weighted by Gasteiger charge is -2.13. The van der Waals surface area contributed by atoms with E-state index in [2.05, 4.69) is 12.2 Å². The van der Waals surface area contributed by atoms with Crippen LogP contribution >= 0.6 is 0 Å². The maximum atomic E-state index is 13.1. The number of ether oxygens (including phenoxy) is 1. The van der Waals surface area contributed by atoms with Gasteiger partial charge in [0, 0.05) is 12.1 Å². The monoisotopic (exact) mass is 259 g/mol. The maximum absolute atomic E-state index is 13.1. The van der Waals surface area contributed by atoms with E-state index in [4.69, 9.17) is 4.74 Å². The smallest absolute Gasteiger partial charge is 0.131 e. The van der Waals surface area contributed by atoms with Crippen molar-refractivity contribution in [3.63, 3.8) is 0 Å². The number of rotatable bonds is 5. The highest BCUT2D eigenvalue weighted by Gasteiger charge is 2.06. The summed E-state index contributed by atoms with van der Waals surface area (Å²) >= 11 is 0. The molecule has 2 aromatic rings. The molecule has 0 aliphatic heterocycles. The van der Waals surface area contributed by atoms with Crippen molar-refractivity contribution in [3.05, 3.63) is 59.4 Å². The SMILES string of the molecule is CCNCc1ccccc1Oc1ccc(F)cc1C. The average Bonchev–Trinajstić information content (AvgIpc) is 2.41. The van der Waals surface area contributed by atoms with Gasteiger partial charge in [0.1, 0.15) is 17.3 Å². The molecule has 0 saturated heterocycles. The van der Waals surface area contributed by atoms with Crippen molar-refractivity contribution >= 4 is 0 Å². The van der Waals surface area contributed by atoms with Crippen LogP contribution in [0.15, 0.2) is 42.5 Å². The first-order valence-electron chi connectivity index (χ1n) is 6.43. The fourth-order valence-electron chi connectivity index (χ4n) is 1.85. The highest BCUT2D eigenvalue weighted by molar-refractivity contribution is 5.41. The van der Waals surface area contributed by atoms with Crippen LogP contribution in [0.1, 0.15) is 18.1 Å². The van der Waals surface area contributed by atoms with Gasteiger partial charge in [-0.25, -0.2) is 4.39 Å². The lowest BCUT2D eigenvalue weighted by molar-refractivity contribution is 0.467. The Morgan fingerprint density at radius 2 is 1.89 bits per heavy atom. The lowest BCUT2D eigenvalue weighted by atomic mass is 10.2. The van der Waals surface area contributed by atoms with E-state index < -0.39 is 0 Å². The molecule has 2 rings (SSSR count). The van der Waals surface area contributed by atoms with Gasteiger partial charge >= 0.3 is 0 Å². The summed E-state index contributed by atoms with van der Waals surface area (Å²) in [5, 5.41) is 3.27. The Morgan fingerprint density at radius 1 is 1.11 bits per heavy atom. The third kappa shape index (κ3) is 3.55. The zero-order valence-corrected chi connectivity index (χ0v) is 11.2. The van der Waals surface area contributed by atoms with Crippen LogP contribution in [0.2, 0.25) is 0 Å². The number of hydrogen-bond donors (Lipinski definition) is 1. The molecule has 2 aromatic carbocycles. The predicted molar refractivity (Wildman–Crippen MR) is 75.0 cm³/mol. The quantitative estimate of drug-likeness (QED) is 0.875. The molecule has 0 fully saturated rings. The van der Waals surface area contributed by atoms with Crippen molar-refractivity contribution in [1.82, 2.24) is 5.32 Å². The first-order valence-corrected chi connectivity index (χ1v) is 6.43. The molecule has 0 bridgehead atoms. The summed E-state index contributed by atoms with van der Waals surface area (Å²) in [4.78, 5) is 0. The van der Waals surface area contributed by atoms with E-state index in [1.165, 1.54) is 12.1 Å². The Morgan fingerprint density at radius 3 is 2.63 bits per heavy atom. The van der Waals surface area contributed by atoms with E-state index in [1.54, 1.807) is 6.07 Å². The summed E-state index contributed by atoms with van der Waals surface area (Å²) in [6, 6.07) is 12.4. The van der Waals surface area contributed by atoms with Gasteiger partial charge in [0.15, 0.2) is 0 Å². The molecule has 0 saturated carbocycles. The molecule has 1 N–H and O–H groups in total. The van der Waals surface area contributed by atoms with E-state index in [0.29, 0.717) is 5.75 Å². The minimum atomic E-state index is -0.245. The highest BCUT2D eigenvalue weighted by atomic mass is 19.1. The van der Waals surface area contributed by atoms with Crippen LogP contribution in [0.4, 0.5) is 4.39 Å². The fourth-order valence-corrected chi connectivity index (χ4v) is 1.85. The standard InChI is InChI=1S/C16H18FNO/c1-3-18-11-13-6-4-5-7-16(13)19-15-9-8-14(17)10-12(15)2/h4-10,18H,3,11H2,1-2H3. The summed E-state index contributed by atoms with van der Waals surface area (Å²) in [5.41, 5.74) is 1.88. The Labute approximate surface area is 113 Å². The average molecular weight is 259 g/mol. The van der Waals surface area contributed by atoms with E-state index >= 15 is 0 Å². The van der Waals surface area contributed by atoms with Crippen molar-refractivity contribution in [2.24, 2.45) is 0 Å². The van der Waals surface area contributed by atoms with Gasteiger partial charge in [-0.1, -0.05) is 25.1 Å². The van der Waals surface area contributed by atoms with Crippen molar-refractivity contribution in [3.8, 4) is 11.5 Å². The van der Waals surface area contributed by atoms with Crippen LogP contribution in [0.25, 0.3) is 0 Å². The van der Waals surface area contributed by atoms with Gasteiger partial charge in [0.2, 0.25) is 0 Å². The lowest BCUT2D eigenvalue weighted by Crippen LogP contribution is -2.12. The second-order valence-electron chi connectivity index (χ2n) is 4.40. The van der Waals surface area contributed by atoms with Crippen molar-refractivity contribution in [2.45, 2.75) is 20.4 Å². The molecule has 2 nitrogen and oxygen atoms in total. The van der Waals surface area contributed by atoms with Gasteiger partial charge in [-0.15, -0.1) is 0 Å². The first kappa shape index (κ1) is 13.6. The van der Waals surface area contributed by atoms with Crippen LogP contribution in [0.5, 0.6) is 11.5 Å². The predicted octanol–water partition coefficient (Wildman–Crippen LogP) is 4.04. The number of benzene rings is 2. The number of halogens is 1. The molecule has 0 aromatic heterocycles. The number of hydrogen-bond acceptors (Lipinski definition) is 2. The van der Waals surface area contributed by atoms with Crippen molar-refractivity contribution in [1.29, 1.82) is 0 Å². The molecule has 0 spiro atoms. The second kappa shape index (κ2) is 6.34. The molecule has 0 aliphatic carbocycles. The molecular weight excluding hydrogens is 241 g/mol. The third-order valence-electron chi connectivity index (χ3n) is 2.89. The number of aryl methyl sites for hydroxylation is 1. The summed E-state index contributed by atoms with van der Waals surface area (Å²) in [6.07, 6.45) is 0. The highest BCUT2D eigenvalue weighted by Crippen LogP contribution is 2.28. The van der Waals surface area contributed by atoms with E-state index in [9.17, 15) is 4.39 Å². The first-order chi connectivity index (χ1) is 9.20. The van der Waals surface area contributed by atoms with Gasteiger partial charge < -0.3 is 10.1 Å². The second-order valence-corrected chi connectivity index (χ2v) is 4.40. The molecule has 0 aliphatic rings. The molecule has 100 valence electrons. The molecular formula is C16H18FNO. The van der Waals surface area contributed by atoms with Crippen LogP contribution in [-0.4, -0.2) is 6.54 Å². The van der Waals surface area contributed by atoms with Gasteiger partial charge in [-0.05, 0) is 43.3 Å². The number of para-hydroxylation sites is 1. The fraction of sp³-hybridized carbons (Fsp3) is 0.250. The number of nitrogens with one attached hydrogen (secondary N) is 1. The Bertz CT molecular complexity index is 554. The zero-order valence-electron chi connectivity index (χ0n) is 11.2. The Balaban J connectivity index is 2.22. The molecule has 0 atom stereocenters. The zero-order chi connectivity index (χ0) is 13.7. The molecule has 0 heterocycles. The van der Waals surface area contributed by atoms with Gasteiger partial charge in [0.25, 0.3) is 0 Å². The summed E-state index contributed by atoms with van der Waals surface area (Å²) in [6.45, 7) is 5.57. The summed E-state index contributed by atoms with van der Waals surface area (Å²) in [7, 11) is 0. The van der Waals surface area contributed by atoms with E-state index in [1.807, 2.05) is 31.2 Å². The van der Waals surface area contributed by atoms with Crippen molar-refractivity contribution in [2.75, 3.05) is 6.54 Å². The van der Waals surface area contributed by atoms with Gasteiger partial charge in [-0.3, -0.25) is 0 Å². The minimum absolute atomic E-state index is 0.245. The Kier molecular flexibility index (Phi) is 4.53. The molecule has 19 heavy (non-hydrogen) atoms. The summed E-state index contributed by atoms with van der Waals surface area (Å²) < 4.78 is 19.0. The van der Waals surface area contributed by atoms with Crippen molar-refractivity contribution < 1.29 is 9.13 Å². The van der Waals surface area contributed by atoms with Gasteiger partial charge in [0.05, 0.1) is 0 Å². The van der Waals surface area contributed by atoms with Crippen LogP contribution in [-0.2, 0) is 6.54 Å². The Hall–Kier alpha value is -1.87. The maximum Gasteiger partial charge on any atom is 0.131 e. The molecule has 0 amide bonds. The van der Waals surface area contributed by atoms with Crippen LogP contribution in [0.3, 0.4) is 0 Å². The van der Waals surface area contributed by atoms with E-state index in [-0.39, 0.29) is 5.82 Å². The molecule has 0 radical (unpaired) electrons. The largest absolute Gasteiger partial charge is 0.457 e. The van der Waals surface area contributed by atoms with Gasteiger partial charge in [-0.2, -0.15) is 0 Å². The molecule has 0 unspecified atom stereocenters. The van der Waals surface area contributed by atoms with Crippen LogP contribution < -0.4 is 10.1 Å². The normalized spacial score (nSPS) is 10.5. The topological polar surface area (TPSA) is 21.3 Å². The summed E-state index contributed by atoms with van der Waals surface area (Å²) in [5.74, 6) is 1.24. The third-order valence-corrected chi connectivity index (χ3v) is 2.89. The molecule has 3 heteroatoms. The van der Waals surface area contributed by atoms with Crippen LogP contribution in [0, 0.1) is 12.7 Å².